The maximum absolute atomic E-state index is 13.5. The molecule has 0 N–H and O–H groups in total. The first-order valence-electron chi connectivity index (χ1n) is 15.2. The molecular weight excluding hydrogens is 532 g/mol. The SMILES string of the molecule is Cc1ccc(Cc2nc(N3CCCN(C(=O)c4ccc(C(C)(C)C)cc4)CC3)c3c(C)nn(-c4ccccc4)c3n2)cc1. The van der Waals surface area contributed by atoms with E-state index in [0.29, 0.717) is 26.1 Å². The van der Waals surface area contributed by atoms with Gasteiger partial charge in [0.15, 0.2) is 5.65 Å². The number of para-hydroxylation sites is 1. The number of aryl methyl sites for hydroxylation is 2. The third-order valence-electron chi connectivity index (χ3n) is 8.29. The van der Waals surface area contributed by atoms with E-state index in [1.807, 2.05) is 46.8 Å². The van der Waals surface area contributed by atoms with E-state index in [2.05, 4.69) is 81.1 Å². The van der Waals surface area contributed by atoms with E-state index in [-0.39, 0.29) is 11.3 Å². The third-order valence-corrected chi connectivity index (χ3v) is 8.29. The van der Waals surface area contributed by atoms with E-state index in [4.69, 9.17) is 15.1 Å². The fourth-order valence-electron chi connectivity index (χ4n) is 5.78. The molecular formula is C36H40N6O. The largest absolute Gasteiger partial charge is 0.354 e. The first-order chi connectivity index (χ1) is 20.7. The maximum Gasteiger partial charge on any atom is 0.253 e. The normalized spacial score (nSPS) is 14.3. The molecule has 43 heavy (non-hydrogen) atoms. The summed E-state index contributed by atoms with van der Waals surface area (Å²) in [5, 5.41) is 5.90. The third kappa shape index (κ3) is 6.03. The van der Waals surface area contributed by atoms with Crippen molar-refractivity contribution in [2.75, 3.05) is 31.1 Å². The van der Waals surface area contributed by atoms with Crippen LogP contribution in [-0.4, -0.2) is 56.7 Å². The molecule has 2 aromatic heterocycles. The number of benzene rings is 3. The van der Waals surface area contributed by atoms with Crippen molar-refractivity contribution in [3.63, 3.8) is 0 Å². The van der Waals surface area contributed by atoms with Gasteiger partial charge in [-0.3, -0.25) is 4.79 Å². The number of hydrogen-bond donors (Lipinski definition) is 0. The Labute approximate surface area is 254 Å². The highest BCUT2D eigenvalue weighted by Crippen LogP contribution is 2.30. The molecule has 220 valence electrons. The van der Waals surface area contributed by atoms with E-state index in [0.717, 1.165) is 52.6 Å². The predicted molar refractivity (Wildman–Crippen MR) is 173 cm³/mol. The van der Waals surface area contributed by atoms with Gasteiger partial charge in [0, 0.05) is 38.2 Å². The van der Waals surface area contributed by atoms with Gasteiger partial charge >= 0.3 is 0 Å². The summed E-state index contributed by atoms with van der Waals surface area (Å²) >= 11 is 0. The van der Waals surface area contributed by atoms with Gasteiger partial charge in [-0.15, -0.1) is 0 Å². The van der Waals surface area contributed by atoms with Crippen LogP contribution in [0.3, 0.4) is 0 Å². The molecule has 0 bridgehead atoms. The average Bonchev–Trinajstić information content (AvgIpc) is 3.16. The molecule has 3 heterocycles. The first kappa shape index (κ1) is 28.6. The van der Waals surface area contributed by atoms with Gasteiger partial charge in [-0.1, -0.05) is 80.9 Å². The molecule has 1 saturated heterocycles. The lowest BCUT2D eigenvalue weighted by atomic mass is 9.86. The Kier molecular flexibility index (Phi) is 7.74. The molecule has 0 saturated carbocycles. The van der Waals surface area contributed by atoms with Crippen molar-refractivity contribution in [2.45, 2.75) is 52.9 Å². The Balaban J connectivity index is 1.33. The summed E-state index contributed by atoms with van der Waals surface area (Å²) in [5.74, 6) is 1.75. The highest BCUT2D eigenvalue weighted by Gasteiger charge is 2.26. The second-order valence-electron chi connectivity index (χ2n) is 12.6. The van der Waals surface area contributed by atoms with Crippen LogP contribution in [0.25, 0.3) is 16.7 Å². The van der Waals surface area contributed by atoms with Crippen LogP contribution in [0.15, 0.2) is 78.9 Å². The zero-order valence-electron chi connectivity index (χ0n) is 25.8. The Morgan fingerprint density at radius 1 is 0.814 bits per heavy atom. The van der Waals surface area contributed by atoms with Gasteiger partial charge in [-0.05, 0) is 61.1 Å². The quantitative estimate of drug-likeness (QED) is 0.235. The average molecular weight is 573 g/mol. The fourth-order valence-corrected chi connectivity index (χ4v) is 5.78. The van der Waals surface area contributed by atoms with Crippen molar-refractivity contribution in [2.24, 2.45) is 0 Å². The van der Waals surface area contributed by atoms with Crippen molar-refractivity contribution < 1.29 is 4.79 Å². The predicted octanol–water partition coefficient (Wildman–Crippen LogP) is 6.67. The summed E-state index contributed by atoms with van der Waals surface area (Å²) < 4.78 is 1.93. The molecule has 0 atom stereocenters. The van der Waals surface area contributed by atoms with Crippen LogP contribution in [0, 0.1) is 13.8 Å². The fraction of sp³-hybridized carbons (Fsp3) is 0.333. The summed E-state index contributed by atoms with van der Waals surface area (Å²) in [6.45, 7) is 13.5. The van der Waals surface area contributed by atoms with Gasteiger partial charge in [0.05, 0.1) is 16.8 Å². The molecule has 1 aliphatic rings. The minimum atomic E-state index is 0.0539. The lowest BCUT2D eigenvalue weighted by molar-refractivity contribution is 0.0767. The van der Waals surface area contributed by atoms with Crippen LogP contribution in [0.5, 0.6) is 0 Å². The summed E-state index contributed by atoms with van der Waals surface area (Å²) in [5.41, 5.74) is 7.10. The van der Waals surface area contributed by atoms with Gasteiger partial charge in [-0.25, -0.2) is 14.6 Å². The smallest absolute Gasteiger partial charge is 0.253 e. The number of anilines is 1. The first-order valence-corrected chi connectivity index (χ1v) is 15.2. The number of aromatic nitrogens is 4. The van der Waals surface area contributed by atoms with Gasteiger partial charge in [0.2, 0.25) is 0 Å². The Hall–Kier alpha value is -4.52. The maximum atomic E-state index is 13.5. The molecule has 1 aliphatic heterocycles. The number of rotatable bonds is 5. The molecule has 7 heteroatoms. The van der Waals surface area contributed by atoms with Gasteiger partial charge in [0.25, 0.3) is 5.91 Å². The zero-order chi connectivity index (χ0) is 30.1. The van der Waals surface area contributed by atoms with Crippen molar-refractivity contribution >= 4 is 22.8 Å². The topological polar surface area (TPSA) is 67.2 Å². The number of carbonyl (C=O) groups is 1. The number of nitrogens with zero attached hydrogens (tertiary/aromatic N) is 6. The lowest BCUT2D eigenvalue weighted by Crippen LogP contribution is -2.35. The summed E-state index contributed by atoms with van der Waals surface area (Å²) in [7, 11) is 0. The van der Waals surface area contributed by atoms with E-state index in [1.165, 1.54) is 16.7 Å². The molecule has 0 spiro atoms. The second-order valence-corrected chi connectivity index (χ2v) is 12.6. The van der Waals surface area contributed by atoms with Crippen molar-refractivity contribution in [3.05, 3.63) is 113 Å². The minimum absolute atomic E-state index is 0.0539. The molecule has 3 aromatic carbocycles. The van der Waals surface area contributed by atoms with Crippen LogP contribution in [0.2, 0.25) is 0 Å². The Morgan fingerprint density at radius 3 is 2.23 bits per heavy atom. The van der Waals surface area contributed by atoms with Crippen molar-refractivity contribution in [3.8, 4) is 5.69 Å². The Morgan fingerprint density at radius 2 is 1.53 bits per heavy atom. The van der Waals surface area contributed by atoms with E-state index in [1.54, 1.807) is 0 Å². The molecule has 0 radical (unpaired) electrons. The van der Waals surface area contributed by atoms with Gasteiger partial charge in [0.1, 0.15) is 11.6 Å². The van der Waals surface area contributed by atoms with Crippen LogP contribution in [0.4, 0.5) is 5.82 Å². The molecule has 1 fully saturated rings. The Bertz CT molecular complexity index is 1730. The highest BCUT2D eigenvalue weighted by molar-refractivity contribution is 5.94. The molecule has 5 aromatic rings. The molecule has 0 aliphatic carbocycles. The monoisotopic (exact) mass is 572 g/mol. The molecule has 6 rings (SSSR count). The number of amides is 1. The van der Waals surface area contributed by atoms with Gasteiger partial charge < -0.3 is 9.80 Å². The lowest BCUT2D eigenvalue weighted by Gasteiger charge is -2.24. The number of fused-ring (bicyclic) bond motifs is 1. The van der Waals surface area contributed by atoms with E-state index in [9.17, 15) is 4.79 Å². The molecule has 0 unspecified atom stereocenters. The summed E-state index contributed by atoms with van der Waals surface area (Å²) in [4.78, 5) is 28.1. The van der Waals surface area contributed by atoms with Gasteiger partial charge in [-0.2, -0.15) is 5.10 Å². The second kappa shape index (κ2) is 11.6. The summed E-state index contributed by atoms with van der Waals surface area (Å²) in [6.07, 6.45) is 1.49. The van der Waals surface area contributed by atoms with Crippen LogP contribution in [-0.2, 0) is 11.8 Å². The zero-order valence-corrected chi connectivity index (χ0v) is 25.8. The van der Waals surface area contributed by atoms with Crippen molar-refractivity contribution in [1.82, 2.24) is 24.6 Å². The standard InChI is InChI=1S/C36H40N6O/c1-25-12-14-27(15-13-25)24-31-37-33(32-26(2)39-42(34(32)38-31)30-10-7-6-8-11-30)40-20-9-21-41(23-22-40)35(43)28-16-18-29(19-17-28)36(3,4)5/h6-8,10-19H,9,20-24H2,1-5H3. The molecule has 1 amide bonds. The number of carbonyl (C=O) groups excluding carboxylic acids is 1. The van der Waals surface area contributed by atoms with Crippen LogP contribution >= 0.6 is 0 Å². The highest BCUT2D eigenvalue weighted by atomic mass is 16.2. The van der Waals surface area contributed by atoms with E-state index < -0.39 is 0 Å². The van der Waals surface area contributed by atoms with Crippen molar-refractivity contribution in [1.29, 1.82) is 0 Å². The molecule has 7 nitrogen and oxygen atoms in total. The van der Waals surface area contributed by atoms with Crippen LogP contribution < -0.4 is 4.90 Å². The van der Waals surface area contributed by atoms with Crippen LogP contribution in [0.1, 0.15) is 65.8 Å². The van der Waals surface area contributed by atoms with E-state index >= 15 is 0 Å². The number of hydrogen-bond acceptors (Lipinski definition) is 5. The minimum Gasteiger partial charge on any atom is -0.354 e. The summed E-state index contributed by atoms with van der Waals surface area (Å²) in [6, 6.07) is 26.8.